The summed E-state index contributed by atoms with van der Waals surface area (Å²) in [6, 6.07) is 1.34. The number of hydrogen-bond donors (Lipinski definition) is 1. The van der Waals surface area contributed by atoms with E-state index in [-0.39, 0.29) is 0 Å². The number of rotatable bonds is 3. The van der Waals surface area contributed by atoms with E-state index in [4.69, 9.17) is 14.7 Å². The van der Waals surface area contributed by atoms with E-state index in [1.54, 1.807) is 17.1 Å². The molecule has 0 saturated heterocycles. The van der Waals surface area contributed by atoms with Crippen LogP contribution in [0.5, 0.6) is 0 Å². The summed E-state index contributed by atoms with van der Waals surface area (Å²) in [4.78, 5) is 4.27. The molecule has 2 N–H and O–H groups in total. The van der Waals surface area contributed by atoms with Crippen molar-refractivity contribution >= 4 is 0 Å². The van der Waals surface area contributed by atoms with Crippen LogP contribution in [0.1, 0.15) is 23.1 Å². The highest BCUT2D eigenvalue weighted by molar-refractivity contribution is 5.51. The van der Waals surface area contributed by atoms with Crippen LogP contribution >= 0.6 is 0 Å². The zero-order chi connectivity index (χ0) is 13.4. The number of aryl methyl sites for hydroxylation is 2. The minimum absolute atomic E-state index is 0.332. The largest absolute Gasteiger partial charge is 0.461 e. The third-order valence-electron chi connectivity index (χ3n) is 2.86. The number of furan rings is 1. The van der Waals surface area contributed by atoms with Crippen molar-refractivity contribution in [3.05, 3.63) is 41.7 Å². The van der Waals surface area contributed by atoms with Crippen LogP contribution in [0.15, 0.2) is 33.7 Å². The van der Waals surface area contributed by atoms with Crippen LogP contribution in [0, 0.1) is 6.92 Å². The van der Waals surface area contributed by atoms with Crippen LogP contribution in [0.3, 0.4) is 0 Å². The SMILES string of the molecule is Cc1ccoc1-c1noc(C(N)c2cnn(C)c2)n1. The Hall–Kier alpha value is -2.41. The average molecular weight is 259 g/mol. The number of nitrogens with two attached hydrogens (primary N) is 1. The molecule has 0 aliphatic heterocycles. The van der Waals surface area contributed by atoms with Crippen molar-refractivity contribution in [3.63, 3.8) is 0 Å². The highest BCUT2D eigenvalue weighted by Gasteiger charge is 2.20. The summed E-state index contributed by atoms with van der Waals surface area (Å²) in [5.41, 5.74) is 7.81. The second-order valence-electron chi connectivity index (χ2n) is 4.31. The number of nitrogens with zero attached hydrogens (tertiary/aromatic N) is 4. The van der Waals surface area contributed by atoms with Gasteiger partial charge >= 0.3 is 0 Å². The fourth-order valence-corrected chi connectivity index (χ4v) is 1.80. The molecule has 0 amide bonds. The first-order valence-electron chi connectivity index (χ1n) is 5.77. The van der Waals surface area contributed by atoms with E-state index in [0.29, 0.717) is 17.5 Å². The lowest BCUT2D eigenvalue weighted by Gasteiger charge is -2.01. The molecule has 1 atom stereocenters. The molecular formula is C12H13N5O2. The van der Waals surface area contributed by atoms with Gasteiger partial charge in [0.1, 0.15) is 6.04 Å². The molecule has 1 unspecified atom stereocenters. The molecule has 0 bridgehead atoms. The van der Waals surface area contributed by atoms with Gasteiger partial charge in [-0.1, -0.05) is 5.16 Å². The Balaban J connectivity index is 1.91. The molecular weight excluding hydrogens is 246 g/mol. The lowest BCUT2D eigenvalue weighted by molar-refractivity contribution is 0.366. The van der Waals surface area contributed by atoms with E-state index in [0.717, 1.165) is 11.1 Å². The van der Waals surface area contributed by atoms with Gasteiger partial charge in [-0.25, -0.2) is 0 Å². The quantitative estimate of drug-likeness (QED) is 0.764. The summed E-state index contributed by atoms with van der Waals surface area (Å²) in [6.45, 7) is 1.91. The molecule has 7 heteroatoms. The molecule has 98 valence electrons. The van der Waals surface area contributed by atoms with Crippen molar-refractivity contribution in [2.24, 2.45) is 12.8 Å². The summed E-state index contributed by atoms with van der Waals surface area (Å²) >= 11 is 0. The molecule has 3 rings (SSSR count). The highest BCUT2D eigenvalue weighted by atomic mass is 16.5. The first-order valence-corrected chi connectivity index (χ1v) is 5.77. The van der Waals surface area contributed by atoms with Crippen molar-refractivity contribution in [2.45, 2.75) is 13.0 Å². The van der Waals surface area contributed by atoms with Crippen LogP contribution in [0.25, 0.3) is 11.6 Å². The Morgan fingerprint density at radius 1 is 1.42 bits per heavy atom. The highest BCUT2D eigenvalue weighted by Crippen LogP contribution is 2.24. The Bertz CT molecular complexity index is 696. The second-order valence-corrected chi connectivity index (χ2v) is 4.31. The molecule has 0 fully saturated rings. The predicted molar refractivity (Wildman–Crippen MR) is 66.0 cm³/mol. The van der Waals surface area contributed by atoms with E-state index in [9.17, 15) is 0 Å². The van der Waals surface area contributed by atoms with Crippen LogP contribution < -0.4 is 5.73 Å². The van der Waals surface area contributed by atoms with E-state index >= 15 is 0 Å². The molecule has 0 aliphatic rings. The molecule has 0 aromatic carbocycles. The topological polar surface area (TPSA) is 95.9 Å². The fourth-order valence-electron chi connectivity index (χ4n) is 1.80. The van der Waals surface area contributed by atoms with Gasteiger partial charge in [0.2, 0.25) is 11.7 Å². The monoisotopic (exact) mass is 259 g/mol. The normalized spacial score (nSPS) is 12.8. The lowest BCUT2D eigenvalue weighted by Crippen LogP contribution is -2.11. The second kappa shape index (κ2) is 4.36. The first kappa shape index (κ1) is 11.7. The maximum atomic E-state index is 6.05. The summed E-state index contributed by atoms with van der Waals surface area (Å²) in [5, 5.41) is 7.95. The Morgan fingerprint density at radius 2 is 2.26 bits per heavy atom. The maximum Gasteiger partial charge on any atom is 0.248 e. The maximum absolute atomic E-state index is 6.05. The summed E-state index contributed by atoms with van der Waals surface area (Å²) in [7, 11) is 1.82. The molecule has 7 nitrogen and oxygen atoms in total. The third-order valence-corrected chi connectivity index (χ3v) is 2.86. The Labute approximate surface area is 109 Å². The smallest absolute Gasteiger partial charge is 0.248 e. The molecule has 0 aliphatic carbocycles. The minimum Gasteiger partial charge on any atom is -0.461 e. The minimum atomic E-state index is -0.495. The zero-order valence-electron chi connectivity index (χ0n) is 10.6. The standard InChI is InChI=1S/C12H13N5O2/c1-7-3-4-18-10(7)11-15-12(19-16-11)9(13)8-5-14-17(2)6-8/h3-6,9H,13H2,1-2H3. The van der Waals surface area contributed by atoms with Gasteiger partial charge in [0.15, 0.2) is 5.76 Å². The van der Waals surface area contributed by atoms with Crippen molar-refractivity contribution < 1.29 is 8.94 Å². The molecule has 3 heterocycles. The summed E-state index contributed by atoms with van der Waals surface area (Å²) in [5.74, 6) is 1.32. The first-order chi connectivity index (χ1) is 9.15. The van der Waals surface area contributed by atoms with Gasteiger partial charge in [0, 0.05) is 18.8 Å². The van der Waals surface area contributed by atoms with Crippen molar-refractivity contribution in [2.75, 3.05) is 0 Å². The van der Waals surface area contributed by atoms with Gasteiger partial charge in [-0.05, 0) is 18.6 Å². The predicted octanol–water partition coefficient (Wildman–Crippen LogP) is 1.42. The molecule has 0 radical (unpaired) electrons. The summed E-state index contributed by atoms with van der Waals surface area (Å²) < 4.78 is 12.2. The fraction of sp³-hybridized carbons (Fsp3) is 0.250. The van der Waals surface area contributed by atoms with Gasteiger partial charge < -0.3 is 14.7 Å². The van der Waals surface area contributed by atoms with Gasteiger partial charge in [0.25, 0.3) is 0 Å². The lowest BCUT2D eigenvalue weighted by atomic mass is 10.2. The van der Waals surface area contributed by atoms with Crippen molar-refractivity contribution in [1.82, 2.24) is 19.9 Å². The molecule has 0 spiro atoms. The van der Waals surface area contributed by atoms with E-state index in [1.807, 2.05) is 26.2 Å². The number of aromatic nitrogens is 4. The molecule has 0 saturated carbocycles. The van der Waals surface area contributed by atoms with Crippen LogP contribution in [0.4, 0.5) is 0 Å². The molecule has 3 aromatic heterocycles. The molecule has 3 aromatic rings. The van der Waals surface area contributed by atoms with Crippen LogP contribution in [0.2, 0.25) is 0 Å². The van der Waals surface area contributed by atoms with E-state index < -0.39 is 6.04 Å². The molecule has 19 heavy (non-hydrogen) atoms. The van der Waals surface area contributed by atoms with Crippen LogP contribution in [-0.4, -0.2) is 19.9 Å². The van der Waals surface area contributed by atoms with Gasteiger partial charge in [0.05, 0.1) is 12.5 Å². The summed E-state index contributed by atoms with van der Waals surface area (Å²) in [6.07, 6.45) is 5.07. The van der Waals surface area contributed by atoms with Crippen molar-refractivity contribution in [3.8, 4) is 11.6 Å². The van der Waals surface area contributed by atoms with Gasteiger partial charge in [-0.15, -0.1) is 0 Å². The van der Waals surface area contributed by atoms with E-state index in [1.165, 1.54) is 0 Å². The van der Waals surface area contributed by atoms with E-state index in [2.05, 4.69) is 15.2 Å². The zero-order valence-corrected chi connectivity index (χ0v) is 10.6. The third kappa shape index (κ3) is 2.04. The Morgan fingerprint density at radius 3 is 2.89 bits per heavy atom. The van der Waals surface area contributed by atoms with Crippen LogP contribution in [-0.2, 0) is 7.05 Å². The van der Waals surface area contributed by atoms with Gasteiger partial charge in [-0.3, -0.25) is 4.68 Å². The number of hydrogen-bond acceptors (Lipinski definition) is 6. The van der Waals surface area contributed by atoms with Gasteiger partial charge in [-0.2, -0.15) is 10.1 Å². The van der Waals surface area contributed by atoms with Crippen molar-refractivity contribution in [1.29, 1.82) is 0 Å². The Kier molecular flexibility index (Phi) is 2.68. The average Bonchev–Trinajstić information content (AvgIpc) is 3.08.